The van der Waals surface area contributed by atoms with E-state index in [0.717, 1.165) is 18.2 Å². The van der Waals surface area contributed by atoms with Crippen LogP contribution in [0.25, 0.3) is 16.9 Å². The summed E-state index contributed by atoms with van der Waals surface area (Å²) in [6.07, 6.45) is 1.48. The number of hydrogen-bond donors (Lipinski definition) is 0. The third-order valence-corrected chi connectivity index (χ3v) is 4.74. The Morgan fingerprint density at radius 3 is 2.57 bits per heavy atom. The monoisotopic (exact) mass is 400 g/mol. The van der Waals surface area contributed by atoms with Gasteiger partial charge in [0.2, 0.25) is 0 Å². The van der Waals surface area contributed by atoms with Crippen LogP contribution in [0.2, 0.25) is 5.02 Å². The minimum absolute atomic E-state index is 0.0632. The average Bonchev–Trinajstić information content (AvgIpc) is 3.09. The molecule has 4 rings (SSSR count). The summed E-state index contributed by atoms with van der Waals surface area (Å²) in [6.45, 7) is 2.47. The van der Waals surface area contributed by atoms with Gasteiger partial charge in [-0.05, 0) is 55.0 Å². The number of aromatic nitrogens is 4. The zero-order valence-corrected chi connectivity index (χ0v) is 15.6. The molecular formula is C20H15ClF2N4O. The Morgan fingerprint density at radius 1 is 1.11 bits per heavy atom. The van der Waals surface area contributed by atoms with Gasteiger partial charge >= 0.3 is 0 Å². The molecule has 5 nitrogen and oxygen atoms in total. The Kier molecular flexibility index (Phi) is 4.68. The molecule has 0 N–H and O–H groups in total. The third kappa shape index (κ3) is 3.18. The van der Waals surface area contributed by atoms with Crippen molar-refractivity contribution in [3.05, 3.63) is 87.2 Å². The number of hydrogen-bond acceptors (Lipinski definition) is 3. The molecule has 0 atom stereocenters. The van der Waals surface area contributed by atoms with Crippen molar-refractivity contribution in [3.8, 4) is 5.69 Å². The van der Waals surface area contributed by atoms with Crippen LogP contribution in [0.4, 0.5) is 8.78 Å². The molecule has 0 bridgehead atoms. The Morgan fingerprint density at radius 2 is 1.86 bits per heavy atom. The molecular weight excluding hydrogens is 386 g/mol. The predicted molar refractivity (Wildman–Crippen MR) is 103 cm³/mol. The van der Waals surface area contributed by atoms with E-state index in [1.165, 1.54) is 10.9 Å². The van der Waals surface area contributed by atoms with Gasteiger partial charge in [0.15, 0.2) is 11.2 Å². The predicted octanol–water partition coefficient (Wildman–Crippen LogP) is 4.12. The Labute approximate surface area is 163 Å². The van der Waals surface area contributed by atoms with Crippen LogP contribution >= 0.6 is 11.6 Å². The van der Waals surface area contributed by atoms with Crippen LogP contribution < -0.4 is 5.56 Å². The maximum Gasteiger partial charge on any atom is 0.286 e. The molecule has 0 aliphatic heterocycles. The molecule has 2 aromatic carbocycles. The molecule has 8 heteroatoms. The van der Waals surface area contributed by atoms with E-state index in [2.05, 4.69) is 9.97 Å². The van der Waals surface area contributed by atoms with E-state index in [4.69, 9.17) is 11.6 Å². The standard InChI is InChI=1S/C20H15ClF2N4O/c1-2-26-11-24-18-19(26)25-17(10-12-9-14(22)5-8-16(12)23)27(20(18)28)15-6-3-13(21)4-7-15/h3-9,11H,2,10H2,1H3. The highest BCUT2D eigenvalue weighted by atomic mass is 35.5. The first-order chi connectivity index (χ1) is 13.5. The minimum Gasteiger partial charge on any atom is -0.315 e. The number of aryl methyl sites for hydroxylation is 1. The molecule has 0 aliphatic rings. The summed E-state index contributed by atoms with van der Waals surface area (Å²) in [5.41, 5.74) is 0.856. The molecule has 0 saturated carbocycles. The summed E-state index contributed by atoms with van der Waals surface area (Å²) in [5, 5.41) is 0.513. The summed E-state index contributed by atoms with van der Waals surface area (Å²) in [6, 6.07) is 9.83. The number of rotatable bonds is 4. The van der Waals surface area contributed by atoms with Gasteiger partial charge in [-0.25, -0.2) is 18.7 Å². The normalized spacial score (nSPS) is 11.3. The smallest absolute Gasteiger partial charge is 0.286 e. The zero-order valence-electron chi connectivity index (χ0n) is 14.9. The number of halogens is 3. The minimum atomic E-state index is -0.567. The SMILES string of the molecule is CCn1cnc2c(=O)n(-c3ccc(Cl)cc3)c(Cc3cc(F)ccc3F)nc21. The molecule has 2 heterocycles. The van der Waals surface area contributed by atoms with E-state index in [-0.39, 0.29) is 28.9 Å². The third-order valence-electron chi connectivity index (χ3n) is 4.49. The summed E-state index contributed by atoms with van der Waals surface area (Å²) in [4.78, 5) is 21.9. The number of imidazole rings is 1. The molecule has 142 valence electrons. The lowest BCUT2D eigenvalue weighted by molar-refractivity contribution is 0.586. The zero-order chi connectivity index (χ0) is 19.8. The fraction of sp³-hybridized carbons (Fsp3) is 0.150. The van der Waals surface area contributed by atoms with Gasteiger partial charge in [-0.2, -0.15) is 0 Å². The lowest BCUT2D eigenvalue weighted by Crippen LogP contribution is -2.25. The van der Waals surface area contributed by atoms with Gasteiger partial charge in [0, 0.05) is 18.0 Å². The Balaban J connectivity index is 1.98. The first kappa shape index (κ1) is 18.3. The number of benzene rings is 2. The van der Waals surface area contributed by atoms with Gasteiger partial charge in [-0.15, -0.1) is 0 Å². The van der Waals surface area contributed by atoms with Crippen LogP contribution in [0, 0.1) is 11.6 Å². The lowest BCUT2D eigenvalue weighted by Gasteiger charge is -2.13. The molecule has 28 heavy (non-hydrogen) atoms. The van der Waals surface area contributed by atoms with Gasteiger partial charge in [0.1, 0.15) is 17.5 Å². The van der Waals surface area contributed by atoms with Gasteiger partial charge in [0.25, 0.3) is 5.56 Å². The maximum absolute atomic E-state index is 14.2. The lowest BCUT2D eigenvalue weighted by atomic mass is 10.1. The second-order valence-corrected chi connectivity index (χ2v) is 6.70. The molecule has 0 fully saturated rings. The first-order valence-corrected chi connectivity index (χ1v) is 9.02. The highest BCUT2D eigenvalue weighted by Gasteiger charge is 2.18. The van der Waals surface area contributed by atoms with Crippen molar-refractivity contribution < 1.29 is 8.78 Å². The molecule has 0 saturated heterocycles. The van der Waals surface area contributed by atoms with Crippen molar-refractivity contribution in [3.63, 3.8) is 0 Å². The topological polar surface area (TPSA) is 52.7 Å². The van der Waals surface area contributed by atoms with E-state index in [9.17, 15) is 13.6 Å². The second-order valence-electron chi connectivity index (χ2n) is 6.26. The van der Waals surface area contributed by atoms with E-state index < -0.39 is 11.6 Å². The van der Waals surface area contributed by atoms with E-state index in [1.807, 2.05) is 6.92 Å². The van der Waals surface area contributed by atoms with Gasteiger partial charge < -0.3 is 4.57 Å². The maximum atomic E-state index is 14.2. The summed E-state index contributed by atoms with van der Waals surface area (Å²) < 4.78 is 30.9. The molecule has 0 spiro atoms. The molecule has 0 amide bonds. The van der Waals surface area contributed by atoms with Crippen molar-refractivity contribution in [1.29, 1.82) is 0 Å². The van der Waals surface area contributed by atoms with E-state index in [1.54, 1.807) is 28.8 Å². The van der Waals surface area contributed by atoms with Crippen molar-refractivity contribution >= 4 is 22.8 Å². The Hall–Kier alpha value is -3.06. The van der Waals surface area contributed by atoms with Crippen molar-refractivity contribution in [2.24, 2.45) is 0 Å². The summed E-state index contributed by atoms with van der Waals surface area (Å²) in [7, 11) is 0. The molecule has 4 aromatic rings. The number of nitrogens with zero attached hydrogens (tertiary/aromatic N) is 4. The van der Waals surface area contributed by atoms with Crippen molar-refractivity contribution in [1.82, 2.24) is 19.1 Å². The number of fused-ring (bicyclic) bond motifs is 1. The van der Waals surface area contributed by atoms with Gasteiger partial charge in [-0.3, -0.25) is 9.36 Å². The second kappa shape index (κ2) is 7.16. The molecule has 0 unspecified atom stereocenters. The van der Waals surface area contributed by atoms with Crippen LogP contribution in [0.5, 0.6) is 0 Å². The quantitative estimate of drug-likeness (QED) is 0.517. The average molecular weight is 401 g/mol. The highest BCUT2D eigenvalue weighted by Crippen LogP contribution is 2.19. The van der Waals surface area contributed by atoms with Crippen LogP contribution in [-0.2, 0) is 13.0 Å². The largest absolute Gasteiger partial charge is 0.315 e. The summed E-state index contributed by atoms with van der Waals surface area (Å²) >= 11 is 5.95. The Bertz CT molecular complexity index is 1230. The van der Waals surface area contributed by atoms with Crippen molar-refractivity contribution in [2.45, 2.75) is 19.9 Å². The van der Waals surface area contributed by atoms with Crippen LogP contribution in [0.1, 0.15) is 18.3 Å². The van der Waals surface area contributed by atoms with E-state index in [0.29, 0.717) is 22.9 Å². The summed E-state index contributed by atoms with van der Waals surface area (Å²) in [5.74, 6) is -0.849. The molecule has 0 aliphatic carbocycles. The van der Waals surface area contributed by atoms with Gasteiger partial charge in [0.05, 0.1) is 12.0 Å². The molecule has 0 radical (unpaired) electrons. The van der Waals surface area contributed by atoms with Crippen LogP contribution in [-0.4, -0.2) is 19.1 Å². The highest BCUT2D eigenvalue weighted by molar-refractivity contribution is 6.30. The van der Waals surface area contributed by atoms with Crippen LogP contribution in [0.3, 0.4) is 0 Å². The first-order valence-electron chi connectivity index (χ1n) is 8.64. The van der Waals surface area contributed by atoms with Gasteiger partial charge in [-0.1, -0.05) is 11.6 Å². The fourth-order valence-corrected chi connectivity index (χ4v) is 3.22. The van der Waals surface area contributed by atoms with Crippen molar-refractivity contribution in [2.75, 3.05) is 0 Å². The van der Waals surface area contributed by atoms with E-state index >= 15 is 0 Å². The molecule has 2 aromatic heterocycles. The van der Waals surface area contributed by atoms with Crippen LogP contribution in [0.15, 0.2) is 53.6 Å². The fourth-order valence-electron chi connectivity index (χ4n) is 3.09.